The number of likely N-dealkylation sites (tertiary alicyclic amines) is 1. The van der Waals surface area contributed by atoms with Crippen LogP contribution >= 0.6 is 11.3 Å². The third-order valence-corrected chi connectivity index (χ3v) is 5.95. The molecule has 1 aromatic carbocycles. The van der Waals surface area contributed by atoms with Gasteiger partial charge in [-0.3, -0.25) is 9.59 Å². The molecule has 6 heteroatoms. The standard InChI is InChI=1S/C22H28N2O3S/c1-15(2)18-7-4-5-8-19(18)27-16(3)22(26)24-12-10-17(11-13-24)23-21(25)20-9-6-14-28-20/h4-9,14-17H,10-13H2,1-3H3,(H,23,25). The van der Waals surface area contributed by atoms with Crippen LogP contribution in [0.15, 0.2) is 41.8 Å². The molecule has 2 amide bonds. The summed E-state index contributed by atoms with van der Waals surface area (Å²) in [6.45, 7) is 7.31. The minimum absolute atomic E-state index is 0.00147. The fourth-order valence-electron chi connectivity index (χ4n) is 3.47. The van der Waals surface area contributed by atoms with E-state index < -0.39 is 6.10 Å². The zero-order chi connectivity index (χ0) is 20.1. The van der Waals surface area contributed by atoms with E-state index in [1.165, 1.54) is 11.3 Å². The first-order valence-electron chi connectivity index (χ1n) is 9.84. The molecule has 0 saturated carbocycles. The Kier molecular flexibility index (Phi) is 6.73. The fourth-order valence-corrected chi connectivity index (χ4v) is 4.10. The van der Waals surface area contributed by atoms with Crippen LogP contribution in [0.1, 0.15) is 54.8 Å². The van der Waals surface area contributed by atoms with Crippen molar-refractivity contribution < 1.29 is 14.3 Å². The van der Waals surface area contributed by atoms with Gasteiger partial charge in [0.2, 0.25) is 0 Å². The zero-order valence-electron chi connectivity index (χ0n) is 16.7. The average molecular weight is 401 g/mol. The van der Waals surface area contributed by atoms with Crippen LogP contribution in [0.2, 0.25) is 0 Å². The van der Waals surface area contributed by atoms with Crippen LogP contribution in [0.4, 0.5) is 0 Å². The lowest BCUT2D eigenvalue weighted by atomic mass is 10.0. The number of benzene rings is 1. The van der Waals surface area contributed by atoms with E-state index in [0.29, 0.717) is 19.0 Å². The second-order valence-electron chi connectivity index (χ2n) is 7.50. The van der Waals surface area contributed by atoms with Gasteiger partial charge in [0.1, 0.15) is 5.75 Å². The predicted octanol–water partition coefficient (Wildman–Crippen LogP) is 4.06. The van der Waals surface area contributed by atoms with Gasteiger partial charge in [0.15, 0.2) is 6.10 Å². The first kappa shape index (κ1) is 20.4. The first-order valence-corrected chi connectivity index (χ1v) is 10.7. The van der Waals surface area contributed by atoms with Crippen LogP contribution in [0.5, 0.6) is 5.75 Å². The highest BCUT2D eigenvalue weighted by molar-refractivity contribution is 7.12. The van der Waals surface area contributed by atoms with Gasteiger partial charge in [0, 0.05) is 19.1 Å². The number of thiophene rings is 1. The van der Waals surface area contributed by atoms with Crippen molar-refractivity contribution in [3.8, 4) is 5.75 Å². The Morgan fingerprint density at radius 2 is 1.82 bits per heavy atom. The van der Waals surface area contributed by atoms with Crippen LogP contribution < -0.4 is 10.1 Å². The summed E-state index contributed by atoms with van der Waals surface area (Å²) in [5.41, 5.74) is 1.11. The van der Waals surface area contributed by atoms with Crippen molar-refractivity contribution in [2.24, 2.45) is 0 Å². The average Bonchev–Trinajstić information content (AvgIpc) is 3.23. The molecule has 150 valence electrons. The fraction of sp³-hybridized carbons (Fsp3) is 0.455. The largest absolute Gasteiger partial charge is 0.481 e. The molecular weight excluding hydrogens is 372 g/mol. The Morgan fingerprint density at radius 1 is 1.11 bits per heavy atom. The molecule has 28 heavy (non-hydrogen) atoms. The molecule has 1 aromatic heterocycles. The van der Waals surface area contributed by atoms with Crippen molar-refractivity contribution in [1.82, 2.24) is 10.2 Å². The van der Waals surface area contributed by atoms with Gasteiger partial charge in [-0.25, -0.2) is 0 Å². The number of ether oxygens (including phenoxy) is 1. The summed E-state index contributed by atoms with van der Waals surface area (Å²) in [4.78, 5) is 27.6. The van der Waals surface area contributed by atoms with Crippen molar-refractivity contribution in [3.05, 3.63) is 52.2 Å². The highest BCUT2D eigenvalue weighted by Crippen LogP contribution is 2.27. The zero-order valence-corrected chi connectivity index (χ0v) is 17.5. The number of piperidine rings is 1. The van der Waals surface area contributed by atoms with Crippen LogP contribution in [0, 0.1) is 0 Å². The van der Waals surface area contributed by atoms with E-state index >= 15 is 0 Å². The molecule has 3 rings (SSSR count). The molecule has 1 N–H and O–H groups in total. The van der Waals surface area contributed by atoms with Gasteiger partial charge < -0.3 is 15.0 Å². The maximum atomic E-state index is 12.8. The normalized spacial score (nSPS) is 16.1. The maximum absolute atomic E-state index is 12.8. The van der Waals surface area contributed by atoms with Crippen molar-refractivity contribution in [1.29, 1.82) is 0 Å². The van der Waals surface area contributed by atoms with Crippen molar-refractivity contribution in [2.45, 2.75) is 51.7 Å². The monoisotopic (exact) mass is 400 g/mol. The summed E-state index contributed by atoms with van der Waals surface area (Å²) in [5.74, 6) is 1.08. The summed E-state index contributed by atoms with van der Waals surface area (Å²) in [5, 5.41) is 4.97. The number of nitrogens with one attached hydrogen (secondary N) is 1. The molecule has 0 aliphatic carbocycles. The molecule has 1 aliphatic heterocycles. The van der Waals surface area contributed by atoms with Gasteiger partial charge >= 0.3 is 0 Å². The van der Waals surface area contributed by atoms with Crippen molar-refractivity contribution >= 4 is 23.2 Å². The molecule has 2 heterocycles. The molecular formula is C22H28N2O3S. The quantitative estimate of drug-likeness (QED) is 0.795. The van der Waals surface area contributed by atoms with Gasteiger partial charge in [0.05, 0.1) is 4.88 Å². The van der Waals surface area contributed by atoms with E-state index in [1.54, 1.807) is 0 Å². The lowest BCUT2D eigenvalue weighted by Crippen LogP contribution is -2.49. The maximum Gasteiger partial charge on any atom is 0.263 e. The molecule has 0 spiro atoms. The Bertz CT molecular complexity index is 796. The van der Waals surface area contributed by atoms with Gasteiger partial charge in [-0.15, -0.1) is 11.3 Å². The Hall–Kier alpha value is -2.34. The first-order chi connectivity index (χ1) is 13.5. The second-order valence-corrected chi connectivity index (χ2v) is 8.45. The number of rotatable bonds is 6. The number of hydrogen-bond donors (Lipinski definition) is 1. The number of nitrogens with zero attached hydrogens (tertiary/aromatic N) is 1. The summed E-state index contributed by atoms with van der Waals surface area (Å²) < 4.78 is 6.00. The van der Waals surface area contributed by atoms with Crippen LogP contribution in [0.3, 0.4) is 0 Å². The minimum Gasteiger partial charge on any atom is -0.481 e. The molecule has 1 saturated heterocycles. The van der Waals surface area contributed by atoms with Crippen LogP contribution in [0.25, 0.3) is 0 Å². The number of carbonyl (C=O) groups is 2. The molecule has 1 unspecified atom stereocenters. The molecule has 1 fully saturated rings. The predicted molar refractivity (Wildman–Crippen MR) is 112 cm³/mol. The lowest BCUT2D eigenvalue weighted by Gasteiger charge is -2.34. The Balaban J connectivity index is 1.51. The van der Waals surface area contributed by atoms with E-state index in [1.807, 2.05) is 53.6 Å². The second kappa shape index (κ2) is 9.24. The van der Waals surface area contributed by atoms with E-state index in [4.69, 9.17) is 4.74 Å². The SMILES string of the molecule is CC(Oc1ccccc1C(C)C)C(=O)N1CCC(NC(=O)c2cccs2)CC1. The molecule has 5 nitrogen and oxygen atoms in total. The molecule has 1 atom stereocenters. The van der Waals surface area contributed by atoms with Gasteiger partial charge in [0.25, 0.3) is 11.8 Å². The number of hydrogen-bond acceptors (Lipinski definition) is 4. The summed E-state index contributed by atoms with van der Waals surface area (Å²) >= 11 is 1.44. The van der Waals surface area contributed by atoms with E-state index in [-0.39, 0.29) is 17.9 Å². The topological polar surface area (TPSA) is 58.6 Å². The van der Waals surface area contributed by atoms with Crippen molar-refractivity contribution in [2.75, 3.05) is 13.1 Å². The smallest absolute Gasteiger partial charge is 0.263 e. The van der Waals surface area contributed by atoms with Gasteiger partial charge in [-0.2, -0.15) is 0 Å². The third-order valence-electron chi connectivity index (χ3n) is 5.08. The number of para-hydroxylation sites is 1. The van der Waals surface area contributed by atoms with Gasteiger partial charge in [-0.05, 0) is 48.8 Å². The van der Waals surface area contributed by atoms with E-state index in [9.17, 15) is 9.59 Å². The Labute approximate surface area is 170 Å². The van der Waals surface area contributed by atoms with Crippen molar-refractivity contribution in [3.63, 3.8) is 0 Å². The number of amides is 2. The third kappa shape index (κ3) is 4.93. The number of carbonyl (C=O) groups excluding carboxylic acids is 2. The summed E-state index contributed by atoms with van der Waals surface area (Å²) in [6.07, 6.45) is 0.994. The Morgan fingerprint density at radius 3 is 2.46 bits per heavy atom. The summed E-state index contributed by atoms with van der Waals surface area (Å²) in [7, 11) is 0. The van der Waals surface area contributed by atoms with E-state index in [2.05, 4.69) is 19.2 Å². The minimum atomic E-state index is -0.530. The van der Waals surface area contributed by atoms with E-state index in [0.717, 1.165) is 29.0 Å². The summed E-state index contributed by atoms with van der Waals surface area (Å²) in [6, 6.07) is 11.7. The lowest BCUT2D eigenvalue weighted by molar-refractivity contribution is -0.139. The highest BCUT2D eigenvalue weighted by Gasteiger charge is 2.28. The molecule has 0 radical (unpaired) electrons. The van der Waals surface area contributed by atoms with Crippen LogP contribution in [-0.2, 0) is 4.79 Å². The van der Waals surface area contributed by atoms with Crippen LogP contribution in [-0.4, -0.2) is 41.9 Å². The highest BCUT2D eigenvalue weighted by atomic mass is 32.1. The molecule has 0 bridgehead atoms. The molecule has 1 aliphatic rings. The molecule has 2 aromatic rings. The van der Waals surface area contributed by atoms with Gasteiger partial charge in [-0.1, -0.05) is 38.1 Å².